The minimum atomic E-state index is 0.148. The van der Waals surface area contributed by atoms with E-state index in [2.05, 4.69) is 15.3 Å². The van der Waals surface area contributed by atoms with Gasteiger partial charge in [0, 0.05) is 19.2 Å². The second kappa shape index (κ2) is 5.83. The Labute approximate surface area is 104 Å². The van der Waals surface area contributed by atoms with Gasteiger partial charge >= 0.3 is 0 Å². The number of nitrogens with zero attached hydrogens (tertiary/aromatic N) is 2. The van der Waals surface area contributed by atoms with Gasteiger partial charge in [0.05, 0.1) is 12.4 Å². The van der Waals surface area contributed by atoms with Crippen LogP contribution >= 0.6 is 0 Å². The summed E-state index contributed by atoms with van der Waals surface area (Å²) in [5.74, 6) is 1.68. The van der Waals surface area contributed by atoms with Crippen molar-refractivity contribution in [1.29, 1.82) is 0 Å². The maximum atomic E-state index is 9.30. The van der Waals surface area contributed by atoms with E-state index in [0.29, 0.717) is 30.5 Å². The van der Waals surface area contributed by atoms with Gasteiger partial charge in [0.2, 0.25) is 5.95 Å². The van der Waals surface area contributed by atoms with Crippen LogP contribution in [0.4, 0.5) is 5.95 Å². The molecule has 0 bridgehead atoms. The topological polar surface area (TPSA) is 93.3 Å². The van der Waals surface area contributed by atoms with Crippen molar-refractivity contribution in [3.05, 3.63) is 36.7 Å². The van der Waals surface area contributed by atoms with Crippen molar-refractivity contribution in [1.82, 2.24) is 9.97 Å². The molecule has 94 valence electrons. The summed E-state index contributed by atoms with van der Waals surface area (Å²) >= 11 is 0. The third kappa shape index (κ3) is 3.33. The van der Waals surface area contributed by atoms with Crippen LogP contribution in [0.25, 0.3) is 0 Å². The first-order chi connectivity index (χ1) is 8.78. The van der Waals surface area contributed by atoms with Crippen molar-refractivity contribution in [2.45, 2.75) is 0 Å². The standard InChI is InChI=1S/C12H14N4O2/c13-4-5-14-12-15-7-11(8-16-12)18-10-3-1-2-9(17)6-10/h1-3,6-8,17H,4-5,13H2,(H,14,15,16). The van der Waals surface area contributed by atoms with Crippen molar-refractivity contribution in [3.63, 3.8) is 0 Å². The van der Waals surface area contributed by atoms with E-state index in [1.165, 1.54) is 6.07 Å². The summed E-state index contributed by atoms with van der Waals surface area (Å²) in [4.78, 5) is 8.14. The van der Waals surface area contributed by atoms with Crippen LogP contribution in [0.5, 0.6) is 17.2 Å². The second-order valence-corrected chi connectivity index (χ2v) is 3.56. The fraction of sp³-hybridized carbons (Fsp3) is 0.167. The first-order valence-electron chi connectivity index (χ1n) is 5.51. The molecule has 0 saturated carbocycles. The van der Waals surface area contributed by atoms with Gasteiger partial charge in [-0.05, 0) is 12.1 Å². The first kappa shape index (κ1) is 12.1. The van der Waals surface area contributed by atoms with Gasteiger partial charge in [-0.2, -0.15) is 0 Å². The summed E-state index contributed by atoms with van der Waals surface area (Å²) < 4.78 is 5.48. The summed E-state index contributed by atoms with van der Waals surface area (Å²) in [5, 5.41) is 12.3. The molecule has 2 aromatic rings. The van der Waals surface area contributed by atoms with Crippen molar-refractivity contribution in [2.24, 2.45) is 5.73 Å². The molecule has 4 N–H and O–H groups in total. The van der Waals surface area contributed by atoms with Crippen LogP contribution in [0.15, 0.2) is 36.7 Å². The lowest BCUT2D eigenvalue weighted by Gasteiger charge is -2.06. The van der Waals surface area contributed by atoms with Crippen LogP contribution in [0, 0.1) is 0 Å². The lowest BCUT2D eigenvalue weighted by molar-refractivity contribution is 0.453. The molecule has 0 saturated heterocycles. The van der Waals surface area contributed by atoms with Crippen molar-refractivity contribution in [3.8, 4) is 17.2 Å². The van der Waals surface area contributed by atoms with Crippen molar-refractivity contribution < 1.29 is 9.84 Å². The van der Waals surface area contributed by atoms with Crippen molar-refractivity contribution >= 4 is 5.95 Å². The van der Waals surface area contributed by atoms with Crippen LogP contribution in [-0.4, -0.2) is 28.2 Å². The summed E-state index contributed by atoms with van der Waals surface area (Å²) in [5.41, 5.74) is 5.36. The number of rotatable bonds is 5. The number of nitrogens with two attached hydrogens (primary N) is 1. The van der Waals surface area contributed by atoms with Gasteiger partial charge in [-0.3, -0.25) is 0 Å². The molecule has 0 atom stereocenters. The Morgan fingerprint density at radius 1 is 1.22 bits per heavy atom. The predicted octanol–water partition coefficient (Wildman–Crippen LogP) is 1.35. The van der Waals surface area contributed by atoms with Crippen LogP contribution in [0.1, 0.15) is 0 Å². The molecule has 0 aliphatic heterocycles. The summed E-state index contributed by atoms with van der Waals surface area (Å²) in [6.07, 6.45) is 3.10. The minimum Gasteiger partial charge on any atom is -0.508 e. The Balaban J connectivity index is 2.02. The van der Waals surface area contributed by atoms with E-state index in [9.17, 15) is 5.11 Å². The zero-order valence-corrected chi connectivity index (χ0v) is 9.71. The molecule has 0 aliphatic carbocycles. The Morgan fingerprint density at radius 3 is 2.67 bits per heavy atom. The highest BCUT2D eigenvalue weighted by molar-refractivity contribution is 5.35. The monoisotopic (exact) mass is 246 g/mol. The Hall–Kier alpha value is -2.34. The number of nitrogens with one attached hydrogen (secondary N) is 1. The number of phenolic OH excluding ortho intramolecular Hbond substituents is 1. The number of ether oxygens (including phenoxy) is 1. The van der Waals surface area contributed by atoms with Gasteiger partial charge in [-0.1, -0.05) is 6.07 Å². The number of aromatic nitrogens is 2. The molecule has 0 radical (unpaired) electrons. The largest absolute Gasteiger partial charge is 0.508 e. The average molecular weight is 246 g/mol. The van der Waals surface area contributed by atoms with Crippen LogP contribution < -0.4 is 15.8 Å². The summed E-state index contributed by atoms with van der Waals surface area (Å²) in [6.45, 7) is 1.14. The number of hydrogen-bond donors (Lipinski definition) is 3. The number of benzene rings is 1. The highest BCUT2D eigenvalue weighted by Gasteiger charge is 2.00. The molecule has 1 aromatic heterocycles. The van der Waals surface area contributed by atoms with Crippen LogP contribution in [0.3, 0.4) is 0 Å². The predicted molar refractivity (Wildman–Crippen MR) is 67.8 cm³/mol. The van der Waals surface area contributed by atoms with Gasteiger partial charge in [0.25, 0.3) is 0 Å². The molecule has 0 spiro atoms. The third-order valence-electron chi connectivity index (χ3n) is 2.11. The molecule has 2 rings (SSSR count). The van der Waals surface area contributed by atoms with E-state index < -0.39 is 0 Å². The summed E-state index contributed by atoms with van der Waals surface area (Å²) in [7, 11) is 0. The fourth-order valence-corrected chi connectivity index (χ4v) is 1.33. The van der Waals surface area contributed by atoms with E-state index in [1.54, 1.807) is 30.6 Å². The maximum Gasteiger partial charge on any atom is 0.222 e. The van der Waals surface area contributed by atoms with Crippen molar-refractivity contribution in [2.75, 3.05) is 18.4 Å². The molecule has 1 heterocycles. The van der Waals surface area contributed by atoms with E-state index in [-0.39, 0.29) is 5.75 Å². The van der Waals surface area contributed by atoms with E-state index in [0.717, 1.165) is 0 Å². The Morgan fingerprint density at radius 2 is 2.00 bits per heavy atom. The van der Waals surface area contributed by atoms with Gasteiger partial charge in [0.1, 0.15) is 11.5 Å². The molecular formula is C12H14N4O2. The highest BCUT2D eigenvalue weighted by atomic mass is 16.5. The molecule has 0 amide bonds. The lowest BCUT2D eigenvalue weighted by Crippen LogP contribution is -2.14. The zero-order chi connectivity index (χ0) is 12.8. The average Bonchev–Trinajstić information content (AvgIpc) is 2.38. The SMILES string of the molecule is NCCNc1ncc(Oc2cccc(O)c2)cn1. The number of hydrogen-bond acceptors (Lipinski definition) is 6. The first-order valence-corrected chi connectivity index (χ1v) is 5.51. The molecule has 0 unspecified atom stereocenters. The molecule has 18 heavy (non-hydrogen) atoms. The third-order valence-corrected chi connectivity index (χ3v) is 2.11. The summed E-state index contributed by atoms with van der Waals surface area (Å²) in [6, 6.07) is 6.52. The molecule has 6 heteroatoms. The van der Waals surface area contributed by atoms with E-state index in [1.807, 2.05) is 0 Å². The van der Waals surface area contributed by atoms with Gasteiger partial charge in [0.15, 0.2) is 5.75 Å². The quantitative estimate of drug-likeness (QED) is 0.737. The second-order valence-electron chi connectivity index (χ2n) is 3.56. The van der Waals surface area contributed by atoms with E-state index >= 15 is 0 Å². The molecule has 6 nitrogen and oxygen atoms in total. The zero-order valence-electron chi connectivity index (χ0n) is 9.71. The maximum absolute atomic E-state index is 9.30. The van der Waals surface area contributed by atoms with Gasteiger partial charge < -0.3 is 20.9 Å². The Kier molecular flexibility index (Phi) is 3.93. The number of anilines is 1. The fourth-order valence-electron chi connectivity index (χ4n) is 1.33. The lowest BCUT2D eigenvalue weighted by atomic mass is 10.3. The normalized spacial score (nSPS) is 10.1. The highest BCUT2D eigenvalue weighted by Crippen LogP contribution is 2.23. The van der Waals surface area contributed by atoms with Gasteiger partial charge in [-0.15, -0.1) is 0 Å². The smallest absolute Gasteiger partial charge is 0.222 e. The van der Waals surface area contributed by atoms with E-state index in [4.69, 9.17) is 10.5 Å². The molecule has 1 aromatic carbocycles. The number of phenols is 1. The van der Waals surface area contributed by atoms with Crippen LogP contribution in [-0.2, 0) is 0 Å². The molecule has 0 fully saturated rings. The van der Waals surface area contributed by atoms with Gasteiger partial charge in [-0.25, -0.2) is 9.97 Å². The minimum absolute atomic E-state index is 0.148. The van der Waals surface area contributed by atoms with Crippen LogP contribution in [0.2, 0.25) is 0 Å². The number of aromatic hydroxyl groups is 1. The molecular weight excluding hydrogens is 232 g/mol. The molecule has 0 aliphatic rings. The Bertz CT molecular complexity index is 502.